The molecule has 1 aliphatic heterocycles. The number of nitrogens with one attached hydrogen (secondary N) is 2. The quantitative estimate of drug-likeness (QED) is 0.416. The number of hydrogen-bond donors (Lipinski definition) is 3. The topological polar surface area (TPSA) is 139 Å². The van der Waals surface area contributed by atoms with E-state index in [1.807, 2.05) is 6.07 Å². The summed E-state index contributed by atoms with van der Waals surface area (Å²) in [4.78, 5) is 24.6. The molecular weight excluding hydrogens is 328 g/mol. The van der Waals surface area contributed by atoms with Crippen LogP contribution in [-0.4, -0.2) is 52.2 Å². The number of aromatic amines is 1. The second-order valence-corrected chi connectivity index (χ2v) is 5.65. The van der Waals surface area contributed by atoms with E-state index in [2.05, 4.69) is 20.4 Å². The minimum absolute atomic E-state index is 0.221. The zero-order valence-electron chi connectivity index (χ0n) is 13.4. The molecule has 0 unspecified atom stereocenters. The van der Waals surface area contributed by atoms with Crippen LogP contribution in [0, 0.1) is 10.1 Å². The molecule has 0 atom stereocenters. The zero-order chi connectivity index (χ0) is 17.8. The molecule has 1 aromatic carbocycles. The first-order chi connectivity index (χ1) is 12.0. The van der Waals surface area contributed by atoms with Gasteiger partial charge < -0.3 is 15.8 Å². The molecule has 1 fully saturated rings. The average Bonchev–Trinajstić information content (AvgIpc) is 3.08. The number of ether oxygens (including phenoxy) is 1. The second-order valence-electron chi connectivity index (χ2n) is 5.65. The molecule has 4 N–H and O–H groups in total. The summed E-state index contributed by atoms with van der Waals surface area (Å²) in [6, 6.07) is 5.33. The molecule has 10 nitrogen and oxygen atoms in total. The van der Waals surface area contributed by atoms with Crippen molar-refractivity contribution in [3.8, 4) is 0 Å². The number of hydrogen-bond acceptors (Lipinski definition) is 7. The van der Waals surface area contributed by atoms with Crippen LogP contribution in [0.2, 0.25) is 0 Å². The molecule has 1 saturated heterocycles. The van der Waals surface area contributed by atoms with Gasteiger partial charge in [0.15, 0.2) is 0 Å². The highest BCUT2D eigenvalue weighted by Gasteiger charge is 2.23. The van der Waals surface area contributed by atoms with Crippen LogP contribution in [0.15, 0.2) is 24.4 Å². The Morgan fingerprint density at radius 2 is 2.20 bits per heavy atom. The number of rotatable bonds is 5. The van der Waals surface area contributed by atoms with Gasteiger partial charge in [-0.3, -0.25) is 24.9 Å². The number of carbonyl (C=O) groups excluding carboxylic acids is 1. The number of aromatic nitrogens is 2. The van der Waals surface area contributed by atoms with Gasteiger partial charge >= 0.3 is 5.69 Å². The van der Waals surface area contributed by atoms with Gasteiger partial charge in [-0.25, -0.2) is 0 Å². The summed E-state index contributed by atoms with van der Waals surface area (Å²) in [6.45, 7) is 3.90. The van der Waals surface area contributed by atoms with Crippen molar-refractivity contribution in [2.45, 2.75) is 6.54 Å². The lowest BCUT2D eigenvalue weighted by atomic mass is 10.1. The summed E-state index contributed by atoms with van der Waals surface area (Å²) in [6.07, 6.45) is 0.990. The summed E-state index contributed by atoms with van der Waals surface area (Å²) in [5.41, 5.74) is 7.20. The Kier molecular flexibility index (Phi) is 4.91. The van der Waals surface area contributed by atoms with Crippen molar-refractivity contribution in [1.29, 1.82) is 0 Å². The molecule has 3 rings (SSSR count). The van der Waals surface area contributed by atoms with Gasteiger partial charge in [0.05, 0.1) is 29.5 Å². The molecule has 25 heavy (non-hydrogen) atoms. The maximum Gasteiger partial charge on any atom is 0.319 e. The van der Waals surface area contributed by atoms with Gasteiger partial charge in [0.25, 0.3) is 5.91 Å². The smallest absolute Gasteiger partial charge is 0.319 e. The zero-order valence-corrected chi connectivity index (χ0v) is 13.4. The predicted molar refractivity (Wildman–Crippen MR) is 90.1 cm³/mol. The van der Waals surface area contributed by atoms with E-state index in [-0.39, 0.29) is 11.4 Å². The van der Waals surface area contributed by atoms with Crippen LogP contribution in [0.5, 0.6) is 0 Å². The number of nitrogens with zero attached hydrogens (tertiary/aromatic N) is 3. The third-order valence-electron chi connectivity index (χ3n) is 3.92. The first-order valence-electron chi connectivity index (χ1n) is 7.72. The Hall–Kier alpha value is -2.98. The molecule has 1 amide bonds. The van der Waals surface area contributed by atoms with Gasteiger partial charge in [-0.2, -0.15) is 5.10 Å². The lowest BCUT2D eigenvalue weighted by Gasteiger charge is -2.26. The Morgan fingerprint density at radius 1 is 1.44 bits per heavy atom. The van der Waals surface area contributed by atoms with E-state index in [1.165, 1.54) is 0 Å². The molecule has 1 aromatic heterocycles. The molecule has 0 radical (unpaired) electrons. The van der Waals surface area contributed by atoms with E-state index >= 15 is 0 Å². The van der Waals surface area contributed by atoms with Gasteiger partial charge in [-0.1, -0.05) is 6.07 Å². The van der Waals surface area contributed by atoms with Crippen molar-refractivity contribution in [3.05, 3.63) is 45.8 Å². The number of carbonyl (C=O) groups is 1. The monoisotopic (exact) mass is 346 g/mol. The molecule has 1 aliphatic rings. The number of nitrogen functional groups attached to an aromatic ring is 1. The van der Waals surface area contributed by atoms with Crippen molar-refractivity contribution >= 4 is 23.0 Å². The molecule has 2 heterocycles. The minimum Gasteiger partial charge on any atom is -0.397 e. The second kappa shape index (κ2) is 7.28. The van der Waals surface area contributed by atoms with E-state index in [1.54, 1.807) is 12.1 Å². The van der Waals surface area contributed by atoms with E-state index in [0.29, 0.717) is 24.6 Å². The SMILES string of the molecule is Nc1cc(CN2CCOCC2)ccc1NC(=O)c1[nH]ncc1[N+](=O)[O-]. The summed E-state index contributed by atoms with van der Waals surface area (Å²) < 4.78 is 5.32. The third kappa shape index (κ3) is 3.92. The number of benzene rings is 1. The van der Waals surface area contributed by atoms with Gasteiger partial charge in [-0.05, 0) is 17.7 Å². The maximum absolute atomic E-state index is 12.2. The van der Waals surface area contributed by atoms with E-state index in [4.69, 9.17) is 10.5 Å². The highest BCUT2D eigenvalue weighted by atomic mass is 16.6. The van der Waals surface area contributed by atoms with Gasteiger partial charge in [0.2, 0.25) is 5.69 Å². The molecule has 0 bridgehead atoms. The fourth-order valence-electron chi connectivity index (χ4n) is 2.61. The third-order valence-corrected chi connectivity index (χ3v) is 3.92. The maximum atomic E-state index is 12.2. The lowest BCUT2D eigenvalue weighted by molar-refractivity contribution is -0.385. The molecule has 2 aromatic rings. The Balaban J connectivity index is 1.69. The largest absolute Gasteiger partial charge is 0.397 e. The molecular formula is C15H18N6O4. The Bertz CT molecular complexity index is 784. The predicted octanol–water partition coefficient (Wildman–Crippen LogP) is 0.985. The molecule has 132 valence electrons. The van der Waals surface area contributed by atoms with Crippen LogP contribution in [0.4, 0.5) is 17.1 Å². The number of nitrogens with two attached hydrogens (primary N) is 1. The van der Waals surface area contributed by atoms with Crippen molar-refractivity contribution in [1.82, 2.24) is 15.1 Å². The first kappa shape index (κ1) is 16.9. The number of nitro groups is 1. The first-order valence-corrected chi connectivity index (χ1v) is 7.72. The van der Waals surface area contributed by atoms with E-state index < -0.39 is 10.8 Å². The van der Waals surface area contributed by atoms with Crippen LogP contribution < -0.4 is 11.1 Å². The van der Waals surface area contributed by atoms with Crippen LogP contribution in [0.1, 0.15) is 16.1 Å². The fourth-order valence-corrected chi connectivity index (χ4v) is 2.61. The Labute approximate surface area is 143 Å². The number of amides is 1. The summed E-state index contributed by atoms with van der Waals surface area (Å²) in [7, 11) is 0. The van der Waals surface area contributed by atoms with E-state index in [9.17, 15) is 14.9 Å². The van der Waals surface area contributed by atoms with Crippen LogP contribution in [0.3, 0.4) is 0 Å². The van der Waals surface area contributed by atoms with E-state index in [0.717, 1.165) is 31.4 Å². The fraction of sp³-hybridized carbons (Fsp3) is 0.333. The normalized spacial score (nSPS) is 15.0. The molecule has 0 saturated carbocycles. The van der Waals surface area contributed by atoms with Crippen molar-refractivity contribution in [2.24, 2.45) is 0 Å². The summed E-state index contributed by atoms with van der Waals surface area (Å²) in [5.74, 6) is -0.670. The minimum atomic E-state index is -0.673. The van der Waals surface area contributed by atoms with Gasteiger partial charge in [0, 0.05) is 19.6 Å². The standard InChI is InChI=1S/C15H18N6O4/c16-11-7-10(9-20-3-5-25-6-4-20)1-2-12(11)18-15(22)14-13(21(23)24)8-17-19-14/h1-2,7-8H,3-6,9,16H2,(H,17,19)(H,18,22). The summed E-state index contributed by atoms with van der Waals surface area (Å²) in [5, 5.41) is 19.3. The van der Waals surface area contributed by atoms with Crippen LogP contribution in [0.25, 0.3) is 0 Å². The van der Waals surface area contributed by atoms with Gasteiger partial charge in [0.1, 0.15) is 6.20 Å². The molecule has 0 aliphatic carbocycles. The van der Waals surface area contributed by atoms with Crippen molar-refractivity contribution in [3.63, 3.8) is 0 Å². The molecule has 0 spiro atoms. The van der Waals surface area contributed by atoms with Crippen LogP contribution in [-0.2, 0) is 11.3 Å². The Morgan fingerprint density at radius 3 is 2.88 bits per heavy atom. The highest BCUT2D eigenvalue weighted by Crippen LogP contribution is 2.23. The lowest BCUT2D eigenvalue weighted by Crippen LogP contribution is -2.35. The van der Waals surface area contributed by atoms with Gasteiger partial charge in [-0.15, -0.1) is 0 Å². The van der Waals surface area contributed by atoms with Crippen molar-refractivity contribution in [2.75, 3.05) is 37.4 Å². The number of H-pyrrole nitrogens is 1. The highest BCUT2D eigenvalue weighted by molar-refractivity contribution is 6.06. The van der Waals surface area contributed by atoms with Crippen LogP contribution >= 0.6 is 0 Å². The number of morpholine rings is 1. The average molecular weight is 346 g/mol. The number of anilines is 2. The van der Waals surface area contributed by atoms with Crippen molar-refractivity contribution < 1.29 is 14.5 Å². The summed E-state index contributed by atoms with van der Waals surface area (Å²) >= 11 is 0. The molecule has 10 heteroatoms.